The van der Waals surface area contributed by atoms with Gasteiger partial charge in [-0.15, -0.1) is 0 Å². The number of carbonyl (C=O) groups excluding carboxylic acids is 1. The van der Waals surface area contributed by atoms with Gasteiger partial charge in [-0.25, -0.2) is 9.79 Å². The monoisotopic (exact) mass is 371 g/mol. The maximum Gasteiger partial charge on any atom is 0.363 e. The summed E-state index contributed by atoms with van der Waals surface area (Å²) in [5, 5.41) is 0. The van der Waals surface area contributed by atoms with Crippen molar-refractivity contribution in [3.05, 3.63) is 69.8 Å². The Morgan fingerprint density at radius 3 is 2.74 bits per heavy atom. The second kappa shape index (κ2) is 6.79. The van der Waals surface area contributed by atoms with E-state index in [1.807, 2.05) is 55.5 Å². The lowest BCUT2D eigenvalue weighted by atomic mass is 10.1. The van der Waals surface area contributed by atoms with Crippen LogP contribution in [0.4, 0.5) is 0 Å². The Morgan fingerprint density at radius 2 is 2.00 bits per heavy atom. The molecule has 0 N–H and O–H groups in total. The van der Waals surface area contributed by atoms with Gasteiger partial charge in [0.25, 0.3) is 0 Å². The molecule has 0 spiro atoms. The molecule has 1 heterocycles. The third-order valence-electron chi connectivity index (χ3n) is 3.21. The molecule has 0 fully saturated rings. The maximum atomic E-state index is 12.1. The van der Waals surface area contributed by atoms with E-state index in [1.54, 1.807) is 6.08 Å². The van der Waals surface area contributed by atoms with Crippen LogP contribution in [0.25, 0.3) is 6.08 Å². The molecule has 0 aromatic heterocycles. The lowest BCUT2D eigenvalue weighted by Crippen LogP contribution is -2.05. The van der Waals surface area contributed by atoms with E-state index in [4.69, 9.17) is 9.47 Å². The predicted molar refractivity (Wildman–Crippen MR) is 92.4 cm³/mol. The third-order valence-corrected chi connectivity index (χ3v) is 3.70. The van der Waals surface area contributed by atoms with Gasteiger partial charge in [-0.1, -0.05) is 34.1 Å². The molecule has 4 nitrogen and oxygen atoms in total. The van der Waals surface area contributed by atoms with Crippen LogP contribution >= 0.6 is 15.9 Å². The highest BCUT2D eigenvalue weighted by Gasteiger charge is 2.24. The number of rotatable bonds is 4. The highest BCUT2D eigenvalue weighted by atomic mass is 79.9. The zero-order valence-electron chi connectivity index (χ0n) is 12.5. The van der Waals surface area contributed by atoms with Crippen molar-refractivity contribution in [2.45, 2.75) is 6.92 Å². The van der Waals surface area contributed by atoms with Crippen molar-refractivity contribution >= 4 is 33.9 Å². The summed E-state index contributed by atoms with van der Waals surface area (Å²) >= 11 is 3.42. The number of hydrogen-bond donors (Lipinski definition) is 0. The van der Waals surface area contributed by atoms with Gasteiger partial charge >= 0.3 is 5.97 Å². The van der Waals surface area contributed by atoms with Gasteiger partial charge in [-0.3, -0.25) is 0 Å². The fourth-order valence-corrected chi connectivity index (χ4v) is 2.56. The summed E-state index contributed by atoms with van der Waals surface area (Å²) in [6, 6.07) is 14.9. The van der Waals surface area contributed by atoms with Crippen LogP contribution < -0.4 is 4.74 Å². The van der Waals surface area contributed by atoms with Crippen LogP contribution in [0.3, 0.4) is 0 Å². The average molecular weight is 372 g/mol. The molecule has 0 atom stereocenters. The second-order valence-electron chi connectivity index (χ2n) is 4.82. The van der Waals surface area contributed by atoms with Crippen molar-refractivity contribution in [2.24, 2.45) is 4.99 Å². The zero-order valence-corrected chi connectivity index (χ0v) is 14.0. The van der Waals surface area contributed by atoms with E-state index in [2.05, 4.69) is 20.9 Å². The number of benzene rings is 2. The number of aliphatic imine (C=N–C) groups is 1. The largest absolute Gasteiger partial charge is 0.493 e. The molecule has 0 unspecified atom stereocenters. The summed E-state index contributed by atoms with van der Waals surface area (Å²) in [5.74, 6) is 0.542. The van der Waals surface area contributed by atoms with Crippen LogP contribution in [0.5, 0.6) is 5.75 Å². The van der Waals surface area contributed by atoms with Gasteiger partial charge < -0.3 is 9.47 Å². The van der Waals surface area contributed by atoms with Crippen LogP contribution in [0, 0.1) is 0 Å². The molecule has 1 aliphatic rings. The predicted octanol–water partition coefficient (Wildman–Crippen LogP) is 4.19. The van der Waals surface area contributed by atoms with Crippen molar-refractivity contribution < 1.29 is 14.3 Å². The van der Waals surface area contributed by atoms with Gasteiger partial charge in [0.2, 0.25) is 5.90 Å². The molecule has 23 heavy (non-hydrogen) atoms. The van der Waals surface area contributed by atoms with E-state index in [1.165, 1.54) is 0 Å². The molecule has 1 aliphatic heterocycles. The topological polar surface area (TPSA) is 47.9 Å². The Labute approximate surface area is 142 Å². The fourth-order valence-electron chi connectivity index (χ4n) is 2.18. The first-order valence-corrected chi connectivity index (χ1v) is 7.97. The van der Waals surface area contributed by atoms with Crippen molar-refractivity contribution in [3.8, 4) is 5.75 Å². The van der Waals surface area contributed by atoms with E-state index in [9.17, 15) is 4.79 Å². The van der Waals surface area contributed by atoms with Gasteiger partial charge in [0, 0.05) is 15.6 Å². The van der Waals surface area contributed by atoms with E-state index >= 15 is 0 Å². The molecule has 0 saturated carbocycles. The molecule has 0 radical (unpaired) electrons. The summed E-state index contributed by atoms with van der Waals surface area (Å²) < 4.78 is 11.7. The molecular weight excluding hydrogens is 358 g/mol. The summed E-state index contributed by atoms with van der Waals surface area (Å²) in [6.45, 7) is 2.45. The van der Waals surface area contributed by atoms with E-state index < -0.39 is 5.97 Å². The maximum absolute atomic E-state index is 12.1. The zero-order chi connectivity index (χ0) is 16.2. The number of esters is 1. The highest BCUT2D eigenvalue weighted by Crippen LogP contribution is 2.27. The molecule has 3 rings (SSSR count). The second-order valence-corrected chi connectivity index (χ2v) is 5.73. The van der Waals surface area contributed by atoms with Crippen LogP contribution in [-0.2, 0) is 9.53 Å². The Hall–Kier alpha value is -2.40. The Bertz CT molecular complexity index is 797. The Balaban J connectivity index is 1.98. The summed E-state index contributed by atoms with van der Waals surface area (Å²) in [4.78, 5) is 16.4. The van der Waals surface area contributed by atoms with Gasteiger partial charge in [0.15, 0.2) is 5.70 Å². The van der Waals surface area contributed by atoms with Gasteiger partial charge in [-0.2, -0.15) is 0 Å². The van der Waals surface area contributed by atoms with E-state index in [0.29, 0.717) is 18.3 Å². The van der Waals surface area contributed by atoms with E-state index in [-0.39, 0.29) is 5.70 Å². The summed E-state index contributed by atoms with van der Waals surface area (Å²) in [7, 11) is 0. The summed E-state index contributed by atoms with van der Waals surface area (Å²) in [5.41, 5.74) is 1.79. The molecule has 2 aromatic rings. The minimum Gasteiger partial charge on any atom is -0.493 e. The van der Waals surface area contributed by atoms with Crippen molar-refractivity contribution in [2.75, 3.05) is 6.61 Å². The SMILES string of the molecule is CCOc1ccc(Br)cc1/C=C1\N=C(c2ccccc2)OC1=O. The number of nitrogens with zero attached hydrogens (tertiary/aromatic N) is 1. The molecule has 0 bridgehead atoms. The minimum absolute atomic E-state index is 0.253. The summed E-state index contributed by atoms with van der Waals surface area (Å²) in [6.07, 6.45) is 1.67. The number of hydrogen-bond acceptors (Lipinski definition) is 4. The molecule has 2 aromatic carbocycles. The fraction of sp³-hybridized carbons (Fsp3) is 0.111. The molecular formula is C18H14BrNO3. The lowest BCUT2D eigenvalue weighted by molar-refractivity contribution is -0.129. The van der Waals surface area contributed by atoms with Crippen molar-refractivity contribution in [1.29, 1.82) is 0 Å². The number of ether oxygens (including phenoxy) is 2. The van der Waals surface area contributed by atoms with Crippen LogP contribution in [0.2, 0.25) is 0 Å². The quantitative estimate of drug-likeness (QED) is 0.597. The third kappa shape index (κ3) is 3.51. The number of cyclic esters (lactones) is 1. The molecule has 0 saturated heterocycles. The first kappa shape index (κ1) is 15.5. The van der Waals surface area contributed by atoms with Crippen LogP contribution in [-0.4, -0.2) is 18.5 Å². The first-order valence-electron chi connectivity index (χ1n) is 7.17. The van der Waals surface area contributed by atoms with Crippen molar-refractivity contribution in [3.63, 3.8) is 0 Å². The Kier molecular flexibility index (Phi) is 4.57. The van der Waals surface area contributed by atoms with Gasteiger partial charge in [0.1, 0.15) is 5.75 Å². The lowest BCUT2D eigenvalue weighted by Gasteiger charge is -2.07. The molecule has 0 aliphatic carbocycles. The standard InChI is InChI=1S/C18H14BrNO3/c1-2-22-16-9-8-14(19)10-13(16)11-15-18(21)23-17(20-15)12-6-4-3-5-7-12/h3-11H,2H2,1H3/b15-11-. The van der Waals surface area contributed by atoms with E-state index in [0.717, 1.165) is 15.6 Å². The first-order chi connectivity index (χ1) is 11.2. The highest BCUT2D eigenvalue weighted by molar-refractivity contribution is 9.10. The minimum atomic E-state index is -0.466. The van der Waals surface area contributed by atoms with Gasteiger partial charge in [0.05, 0.1) is 6.61 Å². The average Bonchev–Trinajstić information content (AvgIpc) is 2.92. The van der Waals surface area contributed by atoms with Crippen LogP contribution in [0.15, 0.2) is 63.7 Å². The number of halogens is 1. The normalized spacial score (nSPS) is 15.5. The van der Waals surface area contributed by atoms with Gasteiger partial charge in [-0.05, 0) is 43.3 Å². The number of carbonyl (C=O) groups is 1. The van der Waals surface area contributed by atoms with Crippen molar-refractivity contribution in [1.82, 2.24) is 0 Å². The molecule has 0 amide bonds. The molecule has 116 valence electrons. The Morgan fingerprint density at radius 1 is 1.22 bits per heavy atom. The molecule has 5 heteroatoms. The van der Waals surface area contributed by atoms with Crippen LogP contribution in [0.1, 0.15) is 18.1 Å². The smallest absolute Gasteiger partial charge is 0.363 e.